The number of rotatable bonds is 5. The van der Waals surface area contributed by atoms with Gasteiger partial charge in [0, 0.05) is 4.90 Å². The van der Waals surface area contributed by atoms with E-state index in [4.69, 9.17) is 0 Å². The molecule has 0 aliphatic heterocycles. The molecule has 2 aromatic rings. The summed E-state index contributed by atoms with van der Waals surface area (Å²) in [4.78, 5) is 1.26. The predicted molar refractivity (Wildman–Crippen MR) is 102 cm³/mol. The molecule has 1 heteroatoms. The Hall–Kier alpha value is -1.99. The van der Waals surface area contributed by atoms with Gasteiger partial charge in [-0.1, -0.05) is 111 Å². The molecule has 2 aromatic carbocycles. The minimum Gasteiger partial charge on any atom is -0.0981 e. The van der Waals surface area contributed by atoms with Gasteiger partial charge in [-0.3, -0.25) is 0 Å². The van der Waals surface area contributed by atoms with Crippen molar-refractivity contribution in [2.45, 2.75) is 25.2 Å². The average molecular weight is 308 g/mol. The van der Waals surface area contributed by atoms with E-state index in [-0.39, 0.29) is 0 Å². The SMILES string of the molecule is C(/C=C\c1ccccc1)=C/C=C/Sc1ccccc1.CCC. The summed E-state index contributed by atoms with van der Waals surface area (Å²) in [6.07, 6.45) is 11.5. The summed E-state index contributed by atoms with van der Waals surface area (Å²) < 4.78 is 0. The fourth-order valence-electron chi connectivity index (χ4n) is 1.52. The zero-order valence-corrected chi connectivity index (χ0v) is 14.2. The highest BCUT2D eigenvalue weighted by Gasteiger charge is 1.84. The molecule has 0 aliphatic rings. The van der Waals surface area contributed by atoms with E-state index in [0.29, 0.717) is 0 Å². The number of benzene rings is 2. The normalized spacial score (nSPS) is 11.0. The molecule has 0 saturated carbocycles. The van der Waals surface area contributed by atoms with E-state index in [0.717, 1.165) is 0 Å². The Bertz CT molecular complexity index is 565. The van der Waals surface area contributed by atoms with Crippen LogP contribution in [-0.4, -0.2) is 0 Å². The van der Waals surface area contributed by atoms with E-state index in [1.807, 2.05) is 48.6 Å². The third-order valence-electron chi connectivity index (χ3n) is 2.45. The minimum absolute atomic E-state index is 1.22. The van der Waals surface area contributed by atoms with E-state index in [9.17, 15) is 0 Å². The smallest absolute Gasteiger partial charge is 0.0116 e. The fourth-order valence-corrected chi connectivity index (χ4v) is 2.16. The van der Waals surface area contributed by atoms with Crippen LogP contribution in [0.4, 0.5) is 0 Å². The first-order valence-corrected chi connectivity index (χ1v) is 8.51. The van der Waals surface area contributed by atoms with Gasteiger partial charge in [0.2, 0.25) is 0 Å². The van der Waals surface area contributed by atoms with Gasteiger partial charge in [-0.25, -0.2) is 0 Å². The summed E-state index contributed by atoms with van der Waals surface area (Å²) >= 11 is 1.72. The Morgan fingerprint density at radius 3 is 1.91 bits per heavy atom. The van der Waals surface area contributed by atoms with Gasteiger partial charge in [0.25, 0.3) is 0 Å². The van der Waals surface area contributed by atoms with E-state index in [1.54, 1.807) is 11.8 Å². The maximum atomic E-state index is 2.12. The Balaban J connectivity index is 0.000000745. The predicted octanol–water partition coefficient (Wildman–Crippen LogP) is 6.98. The van der Waals surface area contributed by atoms with Crippen LogP contribution in [0, 0.1) is 0 Å². The third-order valence-corrected chi connectivity index (χ3v) is 3.29. The molecule has 0 N–H and O–H groups in total. The molecular weight excluding hydrogens is 284 g/mol. The van der Waals surface area contributed by atoms with Crippen LogP contribution < -0.4 is 0 Å². The molecule has 0 bridgehead atoms. The van der Waals surface area contributed by atoms with Crippen LogP contribution in [0.2, 0.25) is 0 Å². The molecule has 0 spiro atoms. The van der Waals surface area contributed by atoms with Crippen molar-refractivity contribution in [1.29, 1.82) is 0 Å². The molecule has 0 aromatic heterocycles. The van der Waals surface area contributed by atoms with Crippen molar-refractivity contribution in [1.82, 2.24) is 0 Å². The van der Waals surface area contributed by atoms with Gasteiger partial charge in [-0.2, -0.15) is 0 Å². The zero-order valence-electron chi connectivity index (χ0n) is 13.4. The number of thioether (sulfide) groups is 1. The molecule has 2 rings (SSSR count). The van der Waals surface area contributed by atoms with Crippen LogP contribution in [0.1, 0.15) is 25.8 Å². The Kier molecular flexibility index (Phi) is 10.4. The second-order valence-corrected chi connectivity index (χ2v) is 5.60. The van der Waals surface area contributed by atoms with Crippen molar-refractivity contribution in [3.63, 3.8) is 0 Å². The highest BCUT2D eigenvalue weighted by molar-refractivity contribution is 8.02. The van der Waals surface area contributed by atoms with Crippen LogP contribution >= 0.6 is 11.8 Å². The van der Waals surface area contributed by atoms with Gasteiger partial charge in [-0.05, 0) is 23.1 Å². The molecule has 114 valence electrons. The van der Waals surface area contributed by atoms with Crippen molar-refractivity contribution in [2.75, 3.05) is 0 Å². The maximum absolute atomic E-state index is 2.12. The molecule has 0 amide bonds. The van der Waals surface area contributed by atoms with Crippen LogP contribution in [0.3, 0.4) is 0 Å². The summed E-state index contributed by atoms with van der Waals surface area (Å²) in [5.74, 6) is 0. The van der Waals surface area contributed by atoms with Crippen molar-refractivity contribution < 1.29 is 0 Å². The summed E-state index contributed by atoms with van der Waals surface area (Å²) in [5, 5.41) is 2.09. The van der Waals surface area contributed by atoms with Crippen LogP contribution in [0.15, 0.2) is 95.3 Å². The monoisotopic (exact) mass is 308 g/mol. The van der Waals surface area contributed by atoms with Crippen LogP contribution in [0.5, 0.6) is 0 Å². The molecular formula is C21H24S. The minimum atomic E-state index is 1.22. The van der Waals surface area contributed by atoms with Crippen LogP contribution in [-0.2, 0) is 0 Å². The average Bonchev–Trinajstić information content (AvgIpc) is 2.57. The highest BCUT2D eigenvalue weighted by Crippen LogP contribution is 2.17. The lowest BCUT2D eigenvalue weighted by Crippen LogP contribution is -1.66. The first-order chi connectivity index (χ1) is 10.9. The fraction of sp³-hybridized carbons (Fsp3) is 0.143. The topological polar surface area (TPSA) is 0 Å². The second-order valence-electron chi connectivity index (χ2n) is 4.62. The lowest BCUT2D eigenvalue weighted by molar-refractivity contribution is 1.09. The third kappa shape index (κ3) is 9.04. The lowest BCUT2D eigenvalue weighted by Gasteiger charge is -1.92. The molecule has 0 saturated heterocycles. The first-order valence-electron chi connectivity index (χ1n) is 7.63. The van der Waals surface area contributed by atoms with Crippen molar-refractivity contribution in [3.8, 4) is 0 Å². The summed E-state index contributed by atoms with van der Waals surface area (Å²) in [6, 6.07) is 20.6. The Morgan fingerprint density at radius 1 is 0.727 bits per heavy atom. The molecule has 0 fully saturated rings. The molecule has 0 aliphatic carbocycles. The van der Waals surface area contributed by atoms with Crippen molar-refractivity contribution >= 4 is 17.8 Å². The molecule has 0 heterocycles. The lowest BCUT2D eigenvalue weighted by atomic mass is 10.2. The van der Waals surface area contributed by atoms with Crippen molar-refractivity contribution in [3.05, 3.63) is 95.9 Å². The highest BCUT2D eigenvalue weighted by atomic mass is 32.2. The second kappa shape index (κ2) is 12.7. The van der Waals surface area contributed by atoms with Gasteiger partial charge in [0.05, 0.1) is 0 Å². The number of hydrogen-bond donors (Lipinski definition) is 0. The number of hydrogen-bond acceptors (Lipinski definition) is 1. The molecule has 0 radical (unpaired) electrons. The summed E-state index contributed by atoms with van der Waals surface area (Å²) in [6.45, 7) is 4.25. The zero-order chi connectivity index (χ0) is 15.9. The summed E-state index contributed by atoms with van der Waals surface area (Å²) in [5.41, 5.74) is 1.22. The Morgan fingerprint density at radius 2 is 1.27 bits per heavy atom. The largest absolute Gasteiger partial charge is 0.0981 e. The van der Waals surface area contributed by atoms with E-state index >= 15 is 0 Å². The standard InChI is InChI=1S/C18H16S.C3H8/c1(5-11-17-12-6-3-7-13-17)2-10-16-19-18-14-8-4-9-15-18;1-3-2/h1-16H;3H2,1-2H3/b2-1-,11-5-,16-10+;. The van der Waals surface area contributed by atoms with E-state index in [2.05, 4.69) is 61.7 Å². The number of allylic oxidation sites excluding steroid dienone is 4. The van der Waals surface area contributed by atoms with E-state index in [1.165, 1.54) is 16.9 Å². The molecule has 22 heavy (non-hydrogen) atoms. The Labute approximate surface area is 139 Å². The molecule has 0 nitrogen and oxygen atoms in total. The van der Waals surface area contributed by atoms with Gasteiger partial charge in [0.1, 0.15) is 0 Å². The van der Waals surface area contributed by atoms with Gasteiger partial charge in [-0.15, -0.1) is 0 Å². The quantitative estimate of drug-likeness (QED) is 0.424. The first kappa shape index (κ1) is 18.1. The summed E-state index contributed by atoms with van der Waals surface area (Å²) in [7, 11) is 0. The van der Waals surface area contributed by atoms with Crippen molar-refractivity contribution in [2.24, 2.45) is 0 Å². The maximum Gasteiger partial charge on any atom is 0.0116 e. The molecule has 0 unspecified atom stereocenters. The van der Waals surface area contributed by atoms with Crippen LogP contribution in [0.25, 0.3) is 6.08 Å². The van der Waals surface area contributed by atoms with Gasteiger partial charge in [0.15, 0.2) is 0 Å². The molecule has 0 atom stereocenters. The van der Waals surface area contributed by atoms with Gasteiger partial charge < -0.3 is 0 Å². The van der Waals surface area contributed by atoms with Gasteiger partial charge >= 0.3 is 0 Å². The van der Waals surface area contributed by atoms with E-state index < -0.39 is 0 Å².